The van der Waals surface area contributed by atoms with Gasteiger partial charge in [-0.1, -0.05) is 6.07 Å². The number of likely N-dealkylation sites (N-methyl/N-ethyl adjacent to an activating group) is 1. The fourth-order valence-corrected chi connectivity index (χ4v) is 5.51. The van der Waals surface area contributed by atoms with E-state index in [4.69, 9.17) is 0 Å². The highest BCUT2D eigenvalue weighted by molar-refractivity contribution is 5.83. The van der Waals surface area contributed by atoms with Gasteiger partial charge in [-0.3, -0.25) is 4.90 Å². The van der Waals surface area contributed by atoms with Gasteiger partial charge >= 0.3 is 0 Å². The van der Waals surface area contributed by atoms with Crippen LogP contribution in [0.1, 0.15) is 37.4 Å². The molecular weight excluding hydrogens is 486 g/mol. The van der Waals surface area contributed by atoms with Gasteiger partial charge in [-0.15, -0.1) is 0 Å². The van der Waals surface area contributed by atoms with E-state index in [9.17, 15) is 4.39 Å². The highest BCUT2D eigenvalue weighted by Gasteiger charge is 2.33. The lowest BCUT2D eigenvalue weighted by molar-refractivity contribution is 0.148. The number of anilines is 2. The molecule has 0 amide bonds. The third-order valence-corrected chi connectivity index (χ3v) is 7.79. The molecule has 6 rings (SSSR count). The number of nitrogens with zero attached hydrogens (tertiary/aromatic N) is 7. The van der Waals surface area contributed by atoms with Crippen LogP contribution in [0.4, 0.5) is 20.5 Å². The first-order valence-corrected chi connectivity index (χ1v) is 13.1. The third-order valence-electron chi connectivity index (χ3n) is 7.79. The number of aromatic nitrogens is 5. The van der Waals surface area contributed by atoms with E-state index in [0.717, 1.165) is 63.3 Å². The van der Waals surface area contributed by atoms with Crippen molar-refractivity contribution in [3.63, 3.8) is 0 Å². The van der Waals surface area contributed by atoms with Gasteiger partial charge < -0.3 is 14.8 Å². The molecule has 0 radical (unpaired) electrons. The van der Waals surface area contributed by atoms with Crippen LogP contribution in [0.2, 0.25) is 0 Å². The molecule has 1 fully saturated rings. The third kappa shape index (κ3) is 4.52. The van der Waals surface area contributed by atoms with Gasteiger partial charge in [0.25, 0.3) is 0 Å². The number of halogens is 2. The van der Waals surface area contributed by atoms with Crippen LogP contribution in [0.15, 0.2) is 30.5 Å². The van der Waals surface area contributed by atoms with Crippen molar-refractivity contribution in [2.45, 2.75) is 45.7 Å². The van der Waals surface area contributed by atoms with E-state index < -0.39 is 11.6 Å². The second-order valence-electron chi connectivity index (χ2n) is 11.0. The Labute approximate surface area is 220 Å². The lowest BCUT2D eigenvalue weighted by atomic mass is 10.0. The molecule has 0 aliphatic carbocycles. The maximum Gasteiger partial charge on any atom is 0.229 e. The van der Waals surface area contributed by atoms with Crippen molar-refractivity contribution in [3.8, 4) is 11.3 Å². The summed E-state index contributed by atoms with van der Waals surface area (Å²) >= 11 is 0. The molecule has 2 aliphatic heterocycles. The zero-order chi connectivity index (χ0) is 26.6. The molecule has 1 N–H and O–H groups in total. The van der Waals surface area contributed by atoms with Crippen molar-refractivity contribution < 1.29 is 8.78 Å². The number of imidazole rings is 1. The van der Waals surface area contributed by atoms with E-state index in [0.29, 0.717) is 22.4 Å². The van der Waals surface area contributed by atoms with Gasteiger partial charge in [0, 0.05) is 55.9 Å². The molecule has 1 aromatic carbocycles. The second kappa shape index (κ2) is 9.36. The SMILES string of the molecule is Cc1nc(Nc2ncc(F)c(-c3cc(F)c4nc5n(c4c3)C(C)(C)CC5)n2)ccc1CN1CCN(C)CC1. The number of piperazine rings is 1. The summed E-state index contributed by atoms with van der Waals surface area (Å²) in [5.41, 5.74) is 3.22. The largest absolute Gasteiger partial charge is 0.322 e. The van der Waals surface area contributed by atoms with Crippen molar-refractivity contribution in [1.82, 2.24) is 34.3 Å². The van der Waals surface area contributed by atoms with Crippen LogP contribution in [-0.2, 0) is 18.5 Å². The number of aryl methyl sites for hydroxylation is 2. The van der Waals surface area contributed by atoms with Crippen LogP contribution < -0.4 is 5.32 Å². The predicted molar refractivity (Wildman–Crippen MR) is 143 cm³/mol. The summed E-state index contributed by atoms with van der Waals surface area (Å²) in [7, 11) is 2.15. The Bertz CT molecular complexity index is 1520. The summed E-state index contributed by atoms with van der Waals surface area (Å²) in [6.07, 6.45) is 2.81. The summed E-state index contributed by atoms with van der Waals surface area (Å²) in [6.45, 7) is 11.2. The molecule has 0 saturated carbocycles. The summed E-state index contributed by atoms with van der Waals surface area (Å²) < 4.78 is 32.1. The summed E-state index contributed by atoms with van der Waals surface area (Å²) in [5, 5.41) is 3.09. The molecule has 2 aliphatic rings. The quantitative estimate of drug-likeness (QED) is 0.412. The van der Waals surface area contributed by atoms with E-state index in [1.54, 1.807) is 6.07 Å². The maximum atomic E-state index is 15.1. The molecule has 3 aromatic heterocycles. The van der Waals surface area contributed by atoms with Crippen molar-refractivity contribution >= 4 is 22.8 Å². The van der Waals surface area contributed by atoms with Gasteiger partial charge in [-0.05, 0) is 58.0 Å². The first kappa shape index (κ1) is 24.8. The molecule has 5 heterocycles. The number of hydrogen-bond donors (Lipinski definition) is 1. The van der Waals surface area contributed by atoms with E-state index in [1.165, 1.54) is 11.6 Å². The smallest absolute Gasteiger partial charge is 0.229 e. The van der Waals surface area contributed by atoms with Crippen LogP contribution in [0.5, 0.6) is 0 Å². The molecule has 38 heavy (non-hydrogen) atoms. The fourth-order valence-electron chi connectivity index (χ4n) is 5.51. The topological polar surface area (TPSA) is 75.0 Å². The number of benzene rings is 1. The summed E-state index contributed by atoms with van der Waals surface area (Å²) in [4.78, 5) is 22.5. The molecule has 198 valence electrons. The van der Waals surface area contributed by atoms with Gasteiger partial charge in [-0.2, -0.15) is 0 Å². The van der Waals surface area contributed by atoms with Gasteiger partial charge in [0.1, 0.15) is 22.9 Å². The zero-order valence-electron chi connectivity index (χ0n) is 22.2. The second-order valence-corrected chi connectivity index (χ2v) is 11.0. The van der Waals surface area contributed by atoms with Gasteiger partial charge in [0.15, 0.2) is 11.6 Å². The van der Waals surface area contributed by atoms with Crippen molar-refractivity contribution in [2.75, 3.05) is 38.5 Å². The van der Waals surface area contributed by atoms with Crippen LogP contribution >= 0.6 is 0 Å². The Morgan fingerprint density at radius 2 is 1.79 bits per heavy atom. The van der Waals surface area contributed by atoms with Gasteiger partial charge in [0.05, 0.1) is 11.7 Å². The lowest BCUT2D eigenvalue weighted by Crippen LogP contribution is -2.44. The summed E-state index contributed by atoms with van der Waals surface area (Å²) in [5.74, 6) is 0.500. The van der Waals surface area contributed by atoms with E-state index in [2.05, 4.69) is 66.6 Å². The molecule has 0 bridgehead atoms. The molecular formula is C28H32F2N8. The minimum absolute atomic E-state index is 0.0260. The van der Waals surface area contributed by atoms with E-state index >= 15 is 4.39 Å². The number of rotatable bonds is 5. The lowest BCUT2D eigenvalue weighted by Gasteiger charge is -2.32. The molecule has 1 saturated heterocycles. The Balaban J connectivity index is 1.27. The standard InChI is InChI=1S/C28H32F2N8/c1-17-18(16-37-11-9-36(4)10-12-37)5-6-23(32-17)33-27-31-15-21(30)25(35-27)19-13-20(29)26-22(14-19)38-24(34-26)7-8-28(38,2)3/h5-6,13-15H,7-12,16H2,1-4H3,(H,31,32,33,35). The molecule has 0 atom stereocenters. The van der Waals surface area contributed by atoms with Crippen molar-refractivity contribution in [3.05, 3.63) is 59.2 Å². The maximum absolute atomic E-state index is 15.1. The normalized spacial score (nSPS) is 17.7. The average molecular weight is 519 g/mol. The first-order valence-electron chi connectivity index (χ1n) is 13.1. The fraction of sp³-hybridized carbons (Fsp3) is 0.429. The summed E-state index contributed by atoms with van der Waals surface area (Å²) in [6, 6.07) is 7.00. The van der Waals surface area contributed by atoms with Crippen molar-refractivity contribution in [1.29, 1.82) is 0 Å². The Morgan fingerprint density at radius 1 is 1.00 bits per heavy atom. The minimum atomic E-state index is -0.624. The minimum Gasteiger partial charge on any atom is -0.322 e. The molecule has 8 nitrogen and oxygen atoms in total. The van der Waals surface area contributed by atoms with Crippen LogP contribution in [-0.4, -0.2) is 67.5 Å². The Hall–Kier alpha value is -3.50. The molecule has 4 aromatic rings. The van der Waals surface area contributed by atoms with E-state index in [1.807, 2.05) is 13.0 Å². The van der Waals surface area contributed by atoms with Crippen molar-refractivity contribution in [2.24, 2.45) is 0 Å². The molecule has 0 unspecified atom stereocenters. The van der Waals surface area contributed by atoms with Gasteiger partial charge in [-0.25, -0.2) is 28.7 Å². The van der Waals surface area contributed by atoms with Crippen LogP contribution in [0, 0.1) is 18.6 Å². The predicted octanol–water partition coefficient (Wildman–Crippen LogP) is 4.65. The van der Waals surface area contributed by atoms with Gasteiger partial charge in [0.2, 0.25) is 5.95 Å². The van der Waals surface area contributed by atoms with Crippen LogP contribution in [0.25, 0.3) is 22.3 Å². The number of nitrogens with one attached hydrogen (secondary N) is 1. The highest BCUT2D eigenvalue weighted by atomic mass is 19.1. The monoisotopic (exact) mass is 518 g/mol. The number of hydrogen-bond acceptors (Lipinski definition) is 7. The highest BCUT2D eigenvalue weighted by Crippen LogP contribution is 2.38. The first-order chi connectivity index (χ1) is 18.2. The number of fused-ring (bicyclic) bond motifs is 3. The Morgan fingerprint density at radius 3 is 2.55 bits per heavy atom. The molecule has 0 spiro atoms. The number of pyridine rings is 1. The van der Waals surface area contributed by atoms with Crippen LogP contribution in [0.3, 0.4) is 0 Å². The average Bonchev–Trinajstić information content (AvgIpc) is 3.41. The Kier molecular flexibility index (Phi) is 6.11. The zero-order valence-corrected chi connectivity index (χ0v) is 22.2. The van der Waals surface area contributed by atoms with E-state index in [-0.39, 0.29) is 17.2 Å². The molecule has 10 heteroatoms.